The van der Waals surface area contributed by atoms with Gasteiger partial charge < -0.3 is 19.5 Å². The molecular formula is C10H15NO6. The van der Waals surface area contributed by atoms with Crippen molar-refractivity contribution in [3.63, 3.8) is 0 Å². The minimum absolute atomic E-state index is 0.0662. The lowest BCUT2D eigenvalue weighted by Crippen LogP contribution is -2.48. The average Bonchev–Trinajstić information content (AvgIpc) is 2.35. The molecule has 0 radical (unpaired) electrons. The molecule has 1 unspecified atom stereocenters. The van der Waals surface area contributed by atoms with E-state index in [4.69, 9.17) is 9.84 Å². The van der Waals surface area contributed by atoms with Crippen LogP contribution >= 0.6 is 0 Å². The lowest BCUT2D eigenvalue weighted by atomic mass is 10.2. The number of carboxylic acid groups (broad SMARTS) is 1. The zero-order valence-corrected chi connectivity index (χ0v) is 9.55. The summed E-state index contributed by atoms with van der Waals surface area (Å²) in [6.07, 6.45) is -1.05. The monoisotopic (exact) mass is 245 g/mol. The molecule has 0 aromatic rings. The lowest BCUT2D eigenvalue weighted by molar-refractivity contribution is -0.163. The van der Waals surface area contributed by atoms with Crippen LogP contribution in [0, 0.1) is 0 Å². The molecule has 17 heavy (non-hydrogen) atoms. The molecule has 1 amide bonds. The van der Waals surface area contributed by atoms with E-state index in [2.05, 4.69) is 4.74 Å². The molecule has 7 heteroatoms. The number of aliphatic carboxylic acids is 1. The number of rotatable bonds is 4. The zero-order valence-electron chi connectivity index (χ0n) is 9.55. The van der Waals surface area contributed by atoms with Gasteiger partial charge in [0, 0.05) is 13.0 Å². The summed E-state index contributed by atoms with van der Waals surface area (Å²) in [5, 5.41) is 8.47. The van der Waals surface area contributed by atoms with E-state index in [9.17, 15) is 14.4 Å². The predicted octanol–water partition coefficient (Wildman–Crippen LogP) is -0.748. The number of nitrogens with zero attached hydrogens (tertiary/aromatic N) is 1. The van der Waals surface area contributed by atoms with E-state index in [0.29, 0.717) is 6.54 Å². The number of methoxy groups -OCH3 is 1. The quantitative estimate of drug-likeness (QED) is 0.655. The van der Waals surface area contributed by atoms with Crippen molar-refractivity contribution in [3.8, 4) is 0 Å². The van der Waals surface area contributed by atoms with E-state index in [1.54, 1.807) is 0 Å². The lowest BCUT2D eigenvalue weighted by Gasteiger charge is -2.31. The number of hydrogen-bond donors (Lipinski definition) is 1. The minimum atomic E-state index is -1.02. The summed E-state index contributed by atoms with van der Waals surface area (Å²) in [4.78, 5) is 34.6. The highest BCUT2D eigenvalue weighted by Gasteiger charge is 2.29. The summed E-state index contributed by atoms with van der Waals surface area (Å²) in [7, 11) is 1.25. The van der Waals surface area contributed by atoms with Gasteiger partial charge in [0.25, 0.3) is 0 Å². The second kappa shape index (κ2) is 6.19. The standard InChI is InChI=1S/C10H15NO6/c1-16-10(15)7-6-11(4-5-17-7)8(12)2-3-9(13)14/h7H,2-6H2,1H3,(H,13,14). The molecule has 96 valence electrons. The maximum Gasteiger partial charge on any atom is 0.336 e. The van der Waals surface area contributed by atoms with Gasteiger partial charge in [0.1, 0.15) is 0 Å². The van der Waals surface area contributed by atoms with E-state index >= 15 is 0 Å². The van der Waals surface area contributed by atoms with Gasteiger partial charge in [-0.05, 0) is 0 Å². The molecule has 1 atom stereocenters. The van der Waals surface area contributed by atoms with E-state index in [-0.39, 0.29) is 31.9 Å². The molecular weight excluding hydrogens is 230 g/mol. The van der Waals surface area contributed by atoms with Crippen LogP contribution in [0.1, 0.15) is 12.8 Å². The Hall–Kier alpha value is -1.63. The summed E-state index contributed by atoms with van der Waals surface area (Å²) in [6, 6.07) is 0. The molecule has 0 aromatic carbocycles. The third-order valence-electron chi connectivity index (χ3n) is 2.44. The molecule has 1 N–H and O–H groups in total. The van der Waals surface area contributed by atoms with Gasteiger partial charge in [0.2, 0.25) is 5.91 Å². The van der Waals surface area contributed by atoms with Crippen molar-refractivity contribution in [2.45, 2.75) is 18.9 Å². The number of amides is 1. The fraction of sp³-hybridized carbons (Fsp3) is 0.700. The van der Waals surface area contributed by atoms with Crippen molar-refractivity contribution >= 4 is 17.8 Å². The highest BCUT2D eigenvalue weighted by molar-refractivity contribution is 5.82. The van der Waals surface area contributed by atoms with Crippen LogP contribution in [0.2, 0.25) is 0 Å². The van der Waals surface area contributed by atoms with Crippen LogP contribution in [0.5, 0.6) is 0 Å². The summed E-state index contributed by atoms with van der Waals surface area (Å²) < 4.78 is 9.67. The van der Waals surface area contributed by atoms with E-state index in [1.165, 1.54) is 12.0 Å². The maximum absolute atomic E-state index is 11.6. The molecule has 1 aliphatic rings. The Kier molecular flexibility index (Phi) is 4.89. The minimum Gasteiger partial charge on any atom is -0.481 e. The fourth-order valence-corrected chi connectivity index (χ4v) is 1.52. The fourth-order valence-electron chi connectivity index (χ4n) is 1.52. The van der Waals surface area contributed by atoms with Crippen molar-refractivity contribution in [3.05, 3.63) is 0 Å². The summed E-state index contributed by atoms with van der Waals surface area (Å²) >= 11 is 0. The van der Waals surface area contributed by atoms with Crippen molar-refractivity contribution in [1.82, 2.24) is 4.90 Å². The Bertz CT molecular complexity index is 316. The highest BCUT2D eigenvalue weighted by Crippen LogP contribution is 2.09. The molecule has 1 saturated heterocycles. The van der Waals surface area contributed by atoms with Crippen LogP contribution in [0.3, 0.4) is 0 Å². The molecule has 0 saturated carbocycles. The van der Waals surface area contributed by atoms with Crippen LogP contribution in [0.4, 0.5) is 0 Å². The van der Waals surface area contributed by atoms with Gasteiger partial charge in [-0.1, -0.05) is 0 Å². The van der Waals surface area contributed by atoms with E-state index in [0.717, 1.165) is 0 Å². The first-order chi connectivity index (χ1) is 8.04. The van der Waals surface area contributed by atoms with E-state index in [1.807, 2.05) is 0 Å². The molecule has 1 fully saturated rings. The molecule has 7 nitrogen and oxygen atoms in total. The second-order valence-electron chi connectivity index (χ2n) is 3.62. The van der Waals surface area contributed by atoms with Gasteiger partial charge in [0.15, 0.2) is 6.10 Å². The average molecular weight is 245 g/mol. The molecule has 1 rings (SSSR count). The number of carboxylic acids is 1. The number of morpholine rings is 1. The second-order valence-corrected chi connectivity index (χ2v) is 3.62. The predicted molar refractivity (Wildman–Crippen MR) is 55.2 cm³/mol. The first kappa shape index (κ1) is 13.4. The number of hydrogen-bond acceptors (Lipinski definition) is 5. The summed E-state index contributed by atoms with van der Waals surface area (Å²) in [5.74, 6) is -1.83. The number of esters is 1. The summed E-state index contributed by atoms with van der Waals surface area (Å²) in [6.45, 7) is 0.732. The van der Waals surface area contributed by atoms with Gasteiger partial charge in [-0.2, -0.15) is 0 Å². The van der Waals surface area contributed by atoms with Crippen LogP contribution in [-0.4, -0.2) is 60.8 Å². The maximum atomic E-state index is 11.6. The molecule has 1 aliphatic heterocycles. The Balaban J connectivity index is 2.45. The van der Waals surface area contributed by atoms with Gasteiger partial charge >= 0.3 is 11.9 Å². The Morgan fingerprint density at radius 1 is 1.41 bits per heavy atom. The zero-order chi connectivity index (χ0) is 12.8. The smallest absolute Gasteiger partial charge is 0.336 e. The molecule has 0 aromatic heterocycles. The van der Waals surface area contributed by atoms with Crippen LogP contribution < -0.4 is 0 Å². The third kappa shape index (κ3) is 4.03. The number of ether oxygens (including phenoxy) is 2. The third-order valence-corrected chi connectivity index (χ3v) is 2.44. The van der Waals surface area contributed by atoms with Crippen molar-refractivity contribution < 1.29 is 29.0 Å². The van der Waals surface area contributed by atoms with Gasteiger partial charge in [-0.25, -0.2) is 4.79 Å². The van der Waals surface area contributed by atoms with Gasteiger partial charge in [0.05, 0.1) is 26.7 Å². The van der Waals surface area contributed by atoms with Crippen molar-refractivity contribution in [2.24, 2.45) is 0 Å². The molecule has 0 spiro atoms. The Morgan fingerprint density at radius 3 is 2.71 bits per heavy atom. The van der Waals surface area contributed by atoms with Gasteiger partial charge in [-0.15, -0.1) is 0 Å². The summed E-state index contributed by atoms with van der Waals surface area (Å²) in [5.41, 5.74) is 0. The SMILES string of the molecule is COC(=O)C1CN(C(=O)CCC(=O)O)CCO1. The number of carbonyl (C=O) groups is 3. The van der Waals surface area contributed by atoms with Crippen LogP contribution in [-0.2, 0) is 23.9 Å². The molecule has 1 heterocycles. The largest absolute Gasteiger partial charge is 0.481 e. The van der Waals surface area contributed by atoms with Gasteiger partial charge in [-0.3, -0.25) is 9.59 Å². The normalized spacial score (nSPS) is 19.8. The van der Waals surface area contributed by atoms with Crippen molar-refractivity contribution in [1.29, 1.82) is 0 Å². The first-order valence-corrected chi connectivity index (χ1v) is 5.23. The van der Waals surface area contributed by atoms with Crippen LogP contribution in [0.15, 0.2) is 0 Å². The van der Waals surface area contributed by atoms with Crippen LogP contribution in [0.25, 0.3) is 0 Å². The first-order valence-electron chi connectivity index (χ1n) is 5.23. The molecule has 0 aliphatic carbocycles. The highest BCUT2D eigenvalue weighted by atomic mass is 16.6. The topological polar surface area (TPSA) is 93.1 Å². The molecule has 0 bridgehead atoms. The Labute approximate surface area is 98.3 Å². The van der Waals surface area contributed by atoms with E-state index < -0.39 is 18.0 Å². The Morgan fingerprint density at radius 2 is 2.12 bits per heavy atom. The van der Waals surface area contributed by atoms with Crippen molar-refractivity contribution in [2.75, 3.05) is 26.8 Å². The number of carbonyl (C=O) groups excluding carboxylic acids is 2.